The number of hydrazine groups is 1. The Labute approximate surface area is 27.6 Å². The van der Waals surface area contributed by atoms with Crippen molar-refractivity contribution in [2.45, 2.75) is 0 Å². The van der Waals surface area contributed by atoms with E-state index in [9.17, 15) is 0 Å². The zero-order valence-electron chi connectivity index (χ0n) is 2.58. The molecule has 2 nitrogen and oxygen atoms in total. The van der Waals surface area contributed by atoms with Gasteiger partial charge in [0.1, 0.15) is 0 Å². The first-order valence-corrected chi connectivity index (χ1v) is 2.54. The van der Waals surface area contributed by atoms with Gasteiger partial charge in [-0.05, 0) is 15.4 Å². The highest BCUT2D eigenvalue weighted by Gasteiger charge is 1.49. The van der Waals surface area contributed by atoms with E-state index in [0.717, 1.165) is 0 Å². The van der Waals surface area contributed by atoms with Crippen LogP contribution in [0.2, 0.25) is 0 Å². The van der Waals surface area contributed by atoms with Gasteiger partial charge in [-0.25, -0.2) is 5.20 Å². The molecule has 0 saturated carbocycles. The second kappa shape index (κ2) is 3.35. The minimum Gasteiger partial charge on any atom is -0.268 e. The molecule has 0 aliphatic heterocycles. The van der Waals surface area contributed by atoms with Crippen LogP contribution in [0.5, 0.6) is 0 Å². The highest BCUT2D eigenvalue weighted by Crippen LogP contribution is 1.82. The molecule has 0 aromatic carbocycles. The van der Waals surface area contributed by atoms with Gasteiger partial charge in [-0.15, -0.1) is 0 Å². The van der Waals surface area contributed by atoms with Crippen LogP contribution >= 0.6 is 8.73 Å². The largest absolute Gasteiger partial charge is 0.268 e. The van der Waals surface area contributed by atoms with Crippen LogP contribution in [0.25, 0.3) is 0 Å². The average molecular weight is 78.1 g/mol. The van der Waals surface area contributed by atoms with E-state index in [1.165, 1.54) is 0 Å². The quantitative estimate of drug-likeness (QED) is 0.256. The van der Waals surface area contributed by atoms with Gasteiger partial charge in [0.05, 0.1) is 0 Å². The van der Waals surface area contributed by atoms with Gasteiger partial charge in [0.25, 0.3) is 0 Å². The summed E-state index contributed by atoms with van der Waals surface area (Å²) in [4.78, 5) is 0. The van der Waals surface area contributed by atoms with Crippen molar-refractivity contribution in [3.63, 3.8) is 0 Å². The third kappa shape index (κ3) is 2.35. The molecule has 0 saturated heterocycles. The van der Waals surface area contributed by atoms with Crippen LogP contribution < -0.4 is 11.0 Å². The van der Waals surface area contributed by atoms with Crippen LogP contribution in [0, 0.1) is 0 Å². The Balaban J connectivity index is 1.97. The molecule has 0 aromatic heterocycles. The molecule has 0 aromatic rings. The molecule has 0 radical (unpaired) electrons. The van der Waals surface area contributed by atoms with Crippen molar-refractivity contribution < 1.29 is 0 Å². The Morgan fingerprint density at radius 2 is 2.25 bits per heavy atom. The topological polar surface area (TPSA) is 38.0 Å². The van der Waals surface area contributed by atoms with Crippen molar-refractivity contribution in [1.82, 2.24) is 5.20 Å². The molecule has 4 heavy (non-hydrogen) atoms. The van der Waals surface area contributed by atoms with Gasteiger partial charge in [0.2, 0.25) is 0 Å². The molecule has 1 atom stereocenters. The molecular weight excluding hydrogens is 71.0 g/mol. The van der Waals surface area contributed by atoms with E-state index >= 15 is 0 Å². The number of hydrogen-bond donors (Lipinski definition) is 2. The van der Waals surface area contributed by atoms with Crippen molar-refractivity contribution in [3.05, 3.63) is 0 Å². The fraction of sp³-hybridized carbons (Fsp3) is 1.00. The van der Waals surface area contributed by atoms with Crippen molar-refractivity contribution in [1.29, 1.82) is 0 Å². The predicted octanol–water partition coefficient (Wildman–Crippen LogP) is -0.327. The summed E-state index contributed by atoms with van der Waals surface area (Å²) in [6.45, 7) is 1.97. The lowest BCUT2D eigenvalue weighted by molar-refractivity contribution is 1.11. The first kappa shape index (κ1) is 4.35. The monoisotopic (exact) mass is 78.0 g/mol. The minimum absolute atomic E-state index is 0.668. The molecule has 26 valence electrons. The van der Waals surface area contributed by atoms with Crippen LogP contribution in [0.15, 0.2) is 0 Å². The Hall–Kier alpha value is 0.350. The summed E-state index contributed by atoms with van der Waals surface area (Å²) in [5.41, 5.74) is 0. The number of hydrogen-bond acceptors (Lipinski definition) is 2. The maximum Gasteiger partial charge on any atom is -0.0328 e. The number of rotatable bonds is 1. The molecule has 0 heterocycles. The second-order valence-corrected chi connectivity index (χ2v) is 1.18. The maximum atomic E-state index is 4.79. The first-order valence-electron chi connectivity index (χ1n) is 1.04. The van der Waals surface area contributed by atoms with E-state index in [2.05, 4.69) is 5.20 Å². The smallest absolute Gasteiger partial charge is 0.0328 e. The highest BCUT2D eigenvalue weighted by molar-refractivity contribution is 7.34. The normalized spacial score (nSPS) is 10.5. The Bertz CT molecular complexity index is 8.00. The molecule has 0 bridgehead atoms. The summed E-state index contributed by atoms with van der Waals surface area (Å²) >= 11 is 0. The summed E-state index contributed by atoms with van der Waals surface area (Å²) in [5, 5.41) is 2.46. The van der Waals surface area contributed by atoms with Crippen molar-refractivity contribution in [2.75, 3.05) is 6.66 Å². The zero-order valence-corrected chi connectivity index (χ0v) is 3.58. The van der Waals surface area contributed by atoms with Gasteiger partial charge in [-0.1, -0.05) is 0 Å². The molecular formula is CH7N2P. The molecule has 0 rings (SSSR count). The number of nitrogens with two attached hydrogens (primary N) is 1. The number of nitrogens with one attached hydrogen (secondary N) is 1. The van der Waals surface area contributed by atoms with Gasteiger partial charge in [0, 0.05) is 0 Å². The lowest BCUT2D eigenvalue weighted by atomic mass is 12.0. The van der Waals surface area contributed by atoms with Crippen molar-refractivity contribution in [2.24, 2.45) is 5.84 Å². The Morgan fingerprint density at radius 1 is 2.00 bits per heavy atom. The molecule has 0 spiro atoms. The Kier molecular flexibility index (Phi) is 3.64. The summed E-state index contributed by atoms with van der Waals surface area (Å²) in [6, 6.07) is 0. The predicted molar refractivity (Wildman–Crippen MR) is 21.6 cm³/mol. The summed E-state index contributed by atoms with van der Waals surface area (Å²) in [5.74, 6) is 4.79. The SMILES string of the molecule is CPNN. The second-order valence-electron chi connectivity index (χ2n) is 0.394. The Morgan fingerprint density at radius 3 is 2.25 bits per heavy atom. The highest BCUT2D eigenvalue weighted by atomic mass is 31.1. The molecule has 0 amide bonds. The third-order valence-electron chi connectivity index (χ3n) is 0.144. The minimum atomic E-state index is 0.668. The summed E-state index contributed by atoms with van der Waals surface area (Å²) in [6.07, 6.45) is 0. The first-order chi connectivity index (χ1) is 1.91. The molecule has 1 unspecified atom stereocenters. The fourth-order valence-electron chi connectivity index (χ4n) is 0. The fourth-order valence-corrected chi connectivity index (χ4v) is 0. The lowest BCUT2D eigenvalue weighted by Crippen LogP contribution is -2.07. The van der Waals surface area contributed by atoms with Crippen LogP contribution in [-0.4, -0.2) is 6.66 Å². The maximum absolute atomic E-state index is 4.79. The van der Waals surface area contributed by atoms with E-state index in [1.54, 1.807) is 0 Å². The van der Waals surface area contributed by atoms with Gasteiger partial charge in [-0.3, -0.25) is 5.84 Å². The third-order valence-corrected chi connectivity index (χ3v) is 0.433. The van der Waals surface area contributed by atoms with Crippen LogP contribution in [-0.2, 0) is 0 Å². The summed E-state index contributed by atoms with van der Waals surface area (Å²) < 4.78 is 0. The van der Waals surface area contributed by atoms with Gasteiger partial charge >= 0.3 is 0 Å². The molecule has 0 aliphatic carbocycles. The molecule has 3 heteroatoms. The molecule has 0 fully saturated rings. The molecule has 3 N–H and O–H groups in total. The van der Waals surface area contributed by atoms with E-state index in [4.69, 9.17) is 5.84 Å². The van der Waals surface area contributed by atoms with Crippen LogP contribution in [0.4, 0.5) is 0 Å². The van der Waals surface area contributed by atoms with Crippen molar-refractivity contribution >= 4 is 8.73 Å². The summed E-state index contributed by atoms with van der Waals surface area (Å²) in [7, 11) is 0.668. The van der Waals surface area contributed by atoms with E-state index in [1.807, 2.05) is 6.66 Å². The van der Waals surface area contributed by atoms with E-state index < -0.39 is 0 Å². The van der Waals surface area contributed by atoms with Crippen molar-refractivity contribution in [3.8, 4) is 0 Å². The van der Waals surface area contributed by atoms with Gasteiger partial charge < -0.3 is 0 Å². The van der Waals surface area contributed by atoms with Crippen LogP contribution in [0.3, 0.4) is 0 Å². The lowest BCUT2D eigenvalue weighted by Gasteiger charge is -1.77. The van der Waals surface area contributed by atoms with Gasteiger partial charge in [-0.2, -0.15) is 0 Å². The standard InChI is InChI=1S/CH7N2P/c1-4-3-2/h3-4H,2H2,1H3. The van der Waals surface area contributed by atoms with Gasteiger partial charge in [0.15, 0.2) is 0 Å². The van der Waals surface area contributed by atoms with E-state index in [-0.39, 0.29) is 0 Å². The average Bonchev–Trinajstić information content (AvgIpc) is 1.37. The van der Waals surface area contributed by atoms with Crippen LogP contribution in [0.1, 0.15) is 0 Å². The van der Waals surface area contributed by atoms with E-state index in [0.29, 0.717) is 8.73 Å². The molecule has 0 aliphatic rings. The zero-order chi connectivity index (χ0) is 3.41.